The van der Waals surface area contributed by atoms with Crippen molar-refractivity contribution in [1.29, 1.82) is 0 Å². The van der Waals surface area contributed by atoms with Crippen LogP contribution in [0.25, 0.3) is 0 Å². The van der Waals surface area contributed by atoms with Gasteiger partial charge in [-0.1, -0.05) is 30.3 Å². The SMILES string of the molecule is Cc1c(CN)cnn1CCc1ccccc1. The fourth-order valence-electron chi connectivity index (χ4n) is 1.79. The smallest absolute Gasteiger partial charge is 0.0537 e. The van der Waals surface area contributed by atoms with Crippen LogP contribution in [0.5, 0.6) is 0 Å². The first-order valence-corrected chi connectivity index (χ1v) is 5.56. The van der Waals surface area contributed by atoms with Gasteiger partial charge >= 0.3 is 0 Å². The number of aromatic nitrogens is 2. The van der Waals surface area contributed by atoms with Crippen molar-refractivity contribution >= 4 is 0 Å². The van der Waals surface area contributed by atoms with Crippen molar-refractivity contribution in [2.45, 2.75) is 26.4 Å². The first-order chi connectivity index (χ1) is 7.81. The van der Waals surface area contributed by atoms with Crippen LogP contribution in [-0.2, 0) is 19.5 Å². The van der Waals surface area contributed by atoms with Gasteiger partial charge in [0.1, 0.15) is 0 Å². The molecule has 2 rings (SSSR count). The second-order valence-electron chi connectivity index (χ2n) is 3.92. The van der Waals surface area contributed by atoms with Crippen molar-refractivity contribution in [2.24, 2.45) is 5.73 Å². The van der Waals surface area contributed by atoms with Gasteiger partial charge in [-0.05, 0) is 18.9 Å². The zero-order chi connectivity index (χ0) is 11.4. The molecular formula is C13H17N3. The van der Waals surface area contributed by atoms with E-state index in [9.17, 15) is 0 Å². The summed E-state index contributed by atoms with van der Waals surface area (Å²) >= 11 is 0. The summed E-state index contributed by atoms with van der Waals surface area (Å²) in [5.74, 6) is 0. The number of nitrogens with two attached hydrogens (primary N) is 1. The molecule has 0 bridgehead atoms. The van der Waals surface area contributed by atoms with E-state index in [1.54, 1.807) is 0 Å². The Labute approximate surface area is 95.9 Å². The second-order valence-corrected chi connectivity index (χ2v) is 3.92. The molecule has 16 heavy (non-hydrogen) atoms. The lowest BCUT2D eigenvalue weighted by molar-refractivity contribution is 0.597. The van der Waals surface area contributed by atoms with E-state index < -0.39 is 0 Å². The number of hydrogen-bond donors (Lipinski definition) is 1. The fraction of sp³-hybridized carbons (Fsp3) is 0.308. The molecule has 0 atom stereocenters. The molecule has 0 aliphatic rings. The highest BCUT2D eigenvalue weighted by Crippen LogP contribution is 2.08. The van der Waals surface area contributed by atoms with Gasteiger partial charge in [0, 0.05) is 24.3 Å². The highest BCUT2D eigenvalue weighted by molar-refractivity contribution is 5.17. The Kier molecular flexibility index (Phi) is 3.37. The van der Waals surface area contributed by atoms with Gasteiger partial charge in [0.05, 0.1) is 6.20 Å². The molecule has 2 N–H and O–H groups in total. The van der Waals surface area contributed by atoms with Crippen LogP contribution >= 0.6 is 0 Å². The average molecular weight is 215 g/mol. The van der Waals surface area contributed by atoms with E-state index >= 15 is 0 Å². The van der Waals surface area contributed by atoms with Crippen LogP contribution in [0.1, 0.15) is 16.8 Å². The molecule has 0 amide bonds. The summed E-state index contributed by atoms with van der Waals surface area (Å²) in [5.41, 5.74) is 9.27. The quantitative estimate of drug-likeness (QED) is 0.846. The molecule has 0 aliphatic heterocycles. The summed E-state index contributed by atoms with van der Waals surface area (Å²) in [5, 5.41) is 4.34. The molecule has 0 saturated heterocycles. The monoisotopic (exact) mass is 215 g/mol. The molecule has 1 heterocycles. The predicted octanol–water partition coefficient (Wildman–Crippen LogP) is 1.89. The molecule has 3 nitrogen and oxygen atoms in total. The van der Waals surface area contributed by atoms with E-state index in [-0.39, 0.29) is 0 Å². The Bertz CT molecular complexity index is 445. The lowest BCUT2D eigenvalue weighted by Gasteiger charge is -2.05. The van der Waals surface area contributed by atoms with Crippen molar-refractivity contribution in [3.8, 4) is 0 Å². The third-order valence-electron chi connectivity index (χ3n) is 2.88. The lowest BCUT2D eigenvalue weighted by atomic mass is 10.1. The van der Waals surface area contributed by atoms with Crippen LogP contribution in [0.3, 0.4) is 0 Å². The normalized spacial score (nSPS) is 10.6. The second kappa shape index (κ2) is 4.94. The molecule has 3 heteroatoms. The van der Waals surface area contributed by atoms with Crippen molar-refractivity contribution in [2.75, 3.05) is 0 Å². The topological polar surface area (TPSA) is 43.8 Å². The van der Waals surface area contributed by atoms with Crippen LogP contribution in [0.4, 0.5) is 0 Å². The highest BCUT2D eigenvalue weighted by Gasteiger charge is 2.04. The maximum absolute atomic E-state index is 5.62. The molecule has 0 radical (unpaired) electrons. The molecule has 0 aliphatic carbocycles. The number of aryl methyl sites for hydroxylation is 2. The van der Waals surface area contributed by atoms with Gasteiger partial charge in [0.2, 0.25) is 0 Å². The van der Waals surface area contributed by atoms with Crippen molar-refractivity contribution in [1.82, 2.24) is 9.78 Å². The van der Waals surface area contributed by atoms with Gasteiger partial charge in [-0.2, -0.15) is 5.10 Å². The fourth-order valence-corrected chi connectivity index (χ4v) is 1.79. The van der Waals surface area contributed by atoms with Crippen LogP contribution in [0.2, 0.25) is 0 Å². The Morgan fingerprint density at radius 3 is 2.62 bits per heavy atom. The van der Waals surface area contributed by atoms with Gasteiger partial charge in [-0.25, -0.2) is 0 Å². The van der Waals surface area contributed by atoms with E-state index in [2.05, 4.69) is 36.3 Å². The zero-order valence-electron chi connectivity index (χ0n) is 9.56. The number of nitrogens with zero attached hydrogens (tertiary/aromatic N) is 2. The molecule has 0 saturated carbocycles. The highest BCUT2D eigenvalue weighted by atomic mass is 15.3. The summed E-state index contributed by atoms with van der Waals surface area (Å²) in [7, 11) is 0. The maximum atomic E-state index is 5.62. The molecule has 1 aromatic heterocycles. The van der Waals surface area contributed by atoms with Crippen LogP contribution in [0, 0.1) is 6.92 Å². The van der Waals surface area contributed by atoms with Crippen LogP contribution in [-0.4, -0.2) is 9.78 Å². The Hall–Kier alpha value is -1.61. The number of hydrogen-bond acceptors (Lipinski definition) is 2. The Morgan fingerprint density at radius 2 is 2.00 bits per heavy atom. The summed E-state index contributed by atoms with van der Waals surface area (Å²) < 4.78 is 2.02. The van der Waals surface area contributed by atoms with Gasteiger partial charge in [-0.3, -0.25) is 4.68 Å². The van der Waals surface area contributed by atoms with E-state index in [0.717, 1.165) is 18.5 Å². The molecule has 0 unspecified atom stereocenters. The third kappa shape index (κ3) is 2.31. The van der Waals surface area contributed by atoms with Crippen molar-refractivity contribution in [3.05, 3.63) is 53.3 Å². The van der Waals surface area contributed by atoms with E-state index in [1.165, 1.54) is 11.3 Å². The first kappa shape index (κ1) is 10.9. The van der Waals surface area contributed by atoms with E-state index in [0.29, 0.717) is 6.54 Å². The minimum absolute atomic E-state index is 0.567. The maximum Gasteiger partial charge on any atom is 0.0537 e. The molecule has 2 aromatic rings. The van der Waals surface area contributed by atoms with Gasteiger partial charge in [0.25, 0.3) is 0 Å². The van der Waals surface area contributed by atoms with Gasteiger partial charge in [-0.15, -0.1) is 0 Å². The van der Waals surface area contributed by atoms with Crippen LogP contribution < -0.4 is 5.73 Å². The molecule has 0 spiro atoms. The summed E-state index contributed by atoms with van der Waals surface area (Å²) in [6, 6.07) is 10.5. The summed E-state index contributed by atoms with van der Waals surface area (Å²) in [6.45, 7) is 3.55. The van der Waals surface area contributed by atoms with E-state index in [4.69, 9.17) is 5.73 Å². The number of benzene rings is 1. The molecular weight excluding hydrogens is 198 g/mol. The van der Waals surface area contributed by atoms with Gasteiger partial charge in [0.15, 0.2) is 0 Å². The van der Waals surface area contributed by atoms with Crippen molar-refractivity contribution < 1.29 is 0 Å². The summed E-state index contributed by atoms with van der Waals surface area (Å²) in [6.07, 6.45) is 2.87. The largest absolute Gasteiger partial charge is 0.326 e. The standard InChI is InChI=1S/C13H17N3/c1-11-13(9-14)10-15-16(11)8-7-12-5-3-2-4-6-12/h2-6,10H,7-9,14H2,1H3. The molecule has 84 valence electrons. The third-order valence-corrected chi connectivity index (χ3v) is 2.88. The molecule has 1 aromatic carbocycles. The molecule has 0 fully saturated rings. The average Bonchev–Trinajstić information content (AvgIpc) is 2.69. The zero-order valence-corrected chi connectivity index (χ0v) is 9.56. The first-order valence-electron chi connectivity index (χ1n) is 5.56. The van der Waals surface area contributed by atoms with Crippen LogP contribution in [0.15, 0.2) is 36.5 Å². The minimum atomic E-state index is 0.567. The minimum Gasteiger partial charge on any atom is -0.326 e. The Morgan fingerprint density at radius 1 is 1.25 bits per heavy atom. The summed E-state index contributed by atoms with van der Waals surface area (Å²) in [4.78, 5) is 0. The van der Waals surface area contributed by atoms with E-state index in [1.807, 2.05) is 16.9 Å². The predicted molar refractivity (Wildman–Crippen MR) is 65.0 cm³/mol. The Balaban J connectivity index is 2.02. The van der Waals surface area contributed by atoms with Gasteiger partial charge < -0.3 is 5.73 Å². The number of rotatable bonds is 4. The lowest BCUT2D eigenvalue weighted by Crippen LogP contribution is -2.06. The van der Waals surface area contributed by atoms with Crippen molar-refractivity contribution in [3.63, 3.8) is 0 Å².